The second kappa shape index (κ2) is 23.1. The number of aliphatic imine (C=N–C) groups is 2. The molecule has 468 valence electrons. The number of H-pyrrole nitrogens is 1. The molecule has 0 spiro atoms. The Morgan fingerprint density at radius 3 is 1.11 bits per heavy atom. The average Bonchev–Trinajstić information content (AvgIpc) is 1.56. The van der Waals surface area contributed by atoms with E-state index in [1.54, 1.807) is 0 Å². The zero-order valence-corrected chi connectivity index (χ0v) is 62.7. The molecule has 0 amide bonds. The molecule has 92 heavy (non-hydrogen) atoms. The molecule has 6 heterocycles. The van der Waals surface area contributed by atoms with Gasteiger partial charge in [-0.1, -0.05) is 269 Å². The van der Waals surface area contributed by atoms with E-state index in [0.29, 0.717) is 5.84 Å². The van der Waals surface area contributed by atoms with E-state index in [-0.39, 0.29) is 62.8 Å². The van der Waals surface area contributed by atoms with Crippen LogP contribution >= 0.6 is 0 Å². The molecule has 3 aliphatic heterocycles. The minimum Gasteiger partial charge on any atom is -0.657 e. The van der Waals surface area contributed by atoms with E-state index >= 15 is 0 Å². The minimum absolute atomic E-state index is 0. The predicted molar refractivity (Wildman–Crippen MR) is 385 cm³/mol. The number of allylic oxidation sites excluding steroid dienone is 2. The van der Waals surface area contributed by atoms with Gasteiger partial charge in [-0.3, -0.25) is 0 Å². The van der Waals surface area contributed by atoms with Gasteiger partial charge in [0.05, 0.1) is 22.5 Å². The van der Waals surface area contributed by atoms with Gasteiger partial charge in [0.1, 0.15) is 11.0 Å². The van der Waals surface area contributed by atoms with Crippen molar-refractivity contribution >= 4 is 39.5 Å². The number of nitrogens with zero attached hydrogens (tertiary/aromatic N) is 5. The quantitative estimate of drug-likeness (QED) is 0.138. The van der Waals surface area contributed by atoms with Gasteiger partial charge in [0.2, 0.25) is 0 Å². The van der Waals surface area contributed by atoms with Crippen molar-refractivity contribution in [2.45, 2.75) is 209 Å². The summed E-state index contributed by atoms with van der Waals surface area (Å²) in [6, 6.07) is 45.5. The number of amidine groups is 1. The van der Waals surface area contributed by atoms with E-state index in [1.807, 2.05) is 24.3 Å². The maximum atomic E-state index is 5.98. The largest absolute Gasteiger partial charge is 2.00 e. The summed E-state index contributed by atoms with van der Waals surface area (Å²) < 4.78 is 0. The number of hydrogen-bond donors (Lipinski definition) is 1. The van der Waals surface area contributed by atoms with Gasteiger partial charge in [0, 0.05) is 11.1 Å². The maximum absolute atomic E-state index is 5.98. The molecule has 1 N–H and O–H groups in total. The summed E-state index contributed by atoms with van der Waals surface area (Å²) in [4.78, 5) is 33.4. The van der Waals surface area contributed by atoms with Crippen molar-refractivity contribution in [2.24, 2.45) is 15.0 Å². The van der Waals surface area contributed by atoms with Crippen LogP contribution in [0.5, 0.6) is 0 Å². The normalized spacial score (nSPS) is 14.9. The first-order chi connectivity index (χ1) is 42.0. The summed E-state index contributed by atoms with van der Waals surface area (Å²) in [5.74, 6) is 3.43. The fourth-order valence-electron chi connectivity index (χ4n) is 12.3. The molecule has 0 atom stereocenters. The van der Waals surface area contributed by atoms with Crippen LogP contribution in [0.25, 0.3) is 22.3 Å². The molecule has 7 heteroatoms. The molecule has 0 radical (unpaired) electrons. The number of benzene rings is 5. The van der Waals surface area contributed by atoms with Crippen LogP contribution in [0.4, 0.5) is 5.69 Å². The third kappa shape index (κ3) is 13.2. The smallest absolute Gasteiger partial charge is 0.657 e. The first-order valence-electron chi connectivity index (χ1n) is 32.8. The van der Waals surface area contributed by atoms with E-state index < -0.39 is 0 Å². The fraction of sp³-hybridized carbons (Fsp3) is 0.376. The van der Waals surface area contributed by atoms with Crippen molar-refractivity contribution < 1.29 is 19.5 Å². The van der Waals surface area contributed by atoms with Gasteiger partial charge in [0.25, 0.3) is 0 Å². The molecule has 3 aromatic heterocycles. The van der Waals surface area contributed by atoms with Crippen LogP contribution < -0.4 is 31.4 Å². The second-order valence-electron chi connectivity index (χ2n) is 34.2. The summed E-state index contributed by atoms with van der Waals surface area (Å²) in [5.41, 5.74) is 23.0. The van der Waals surface area contributed by atoms with Crippen LogP contribution in [0.1, 0.15) is 261 Å². The topological polar surface area (TPSA) is 81.1 Å². The van der Waals surface area contributed by atoms with Crippen molar-refractivity contribution in [3.05, 3.63) is 256 Å². The first-order valence-corrected chi connectivity index (χ1v) is 32.8. The Hall–Kier alpha value is -7.65. The molecule has 0 saturated carbocycles. The maximum Gasteiger partial charge on any atom is 2.00 e. The van der Waals surface area contributed by atoms with E-state index in [9.17, 15) is 0 Å². The van der Waals surface area contributed by atoms with Crippen molar-refractivity contribution in [3.8, 4) is 12.3 Å². The summed E-state index contributed by atoms with van der Waals surface area (Å²) in [7, 11) is 0. The summed E-state index contributed by atoms with van der Waals surface area (Å²) in [6.45, 7) is 55.4. The molecule has 11 rings (SSSR count). The predicted octanol–water partition coefficient (Wildman–Crippen LogP) is 17.5. The average molecular weight is 1270 g/mol. The fourth-order valence-corrected chi connectivity index (χ4v) is 12.3. The number of nitrogens with one attached hydrogen (secondary N) is 1. The Morgan fingerprint density at radius 1 is 0.359 bits per heavy atom. The summed E-state index contributed by atoms with van der Waals surface area (Å²) in [5, 5.41) is 3.18. The SMILES string of the molecule is C#Cc1ccc(C2=Nc3c4[nH]c(c3=N2)=C(c2cc(C(C)(C)C)cc(C(C)(C)C)c2)c2ccc([n-]2)C(c2cc(C(C)(C)C)cc(C(C)(C)C)c2)=C2C=CC(=N2)C(c2cc(C(C)(C)C)cc(C(C)(C)C)c2)=c2ccc([n-]2)=C4c2cc(C(C)(C)C)cc(C(C)(C)C)c2)cc1.[Zn+2]. The van der Waals surface area contributed by atoms with Gasteiger partial charge < -0.3 is 15.0 Å². The van der Waals surface area contributed by atoms with Crippen LogP contribution in [0, 0.1) is 12.3 Å². The van der Waals surface area contributed by atoms with Gasteiger partial charge in [0.15, 0.2) is 5.84 Å². The third-order valence-corrected chi connectivity index (χ3v) is 18.5. The van der Waals surface area contributed by atoms with E-state index in [1.165, 1.54) is 44.5 Å². The molecule has 8 aromatic rings. The number of aromatic amines is 1. The van der Waals surface area contributed by atoms with Crippen molar-refractivity contribution in [1.82, 2.24) is 15.0 Å². The molecule has 3 aliphatic rings. The molecule has 0 saturated heterocycles. The standard InChI is InChI=1S/C85H96N6.Zn/c1-26-49-27-29-50(30-28-49)77-90-75-73-71(53-41-59(82(14,15)16)47-60(42-53)83(17,18)19)67-35-33-65(87-67)69(51-37-55(78(2,3)4)45-56(38-51)79(5,6)7)63-31-32-64(86-63)70(52-39-57(80(8,9)10)46-58(40-52)81(11,12)13)66-34-36-68(88-66)72(74(89-73)76(75)91-77)54-43-61(84(20,21)22)48-62(44-54)85(23,24)25;/h1,27-48,89H,2-25H3;/q-2;+2. The Morgan fingerprint density at radius 2 is 0.717 bits per heavy atom. The van der Waals surface area contributed by atoms with Crippen LogP contribution in [0.3, 0.4) is 0 Å². The zero-order chi connectivity index (χ0) is 66.2. The Labute approximate surface area is 562 Å². The summed E-state index contributed by atoms with van der Waals surface area (Å²) in [6.07, 6.45) is 10.4. The van der Waals surface area contributed by atoms with Gasteiger partial charge in [-0.05, 0) is 169 Å². The summed E-state index contributed by atoms with van der Waals surface area (Å²) >= 11 is 0. The third-order valence-electron chi connectivity index (χ3n) is 18.5. The van der Waals surface area contributed by atoms with Gasteiger partial charge >= 0.3 is 19.5 Å². The van der Waals surface area contributed by atoms with Crippen LogP contribution in [0.15, 0.2) is 154 Å². The number of aromatic nitrogens is 3. The second-order valence-corrected chi connectivity index (χ2v) is 34.2. The molecular formula is C85H96N6Zn. The van der Waals surface area contributed by atoms with Gasteiger partial charge in [-0.25, -0.2) is 15.0 Å². The number of hydrogen-bond acceptors (Lipinski definition) is 3. The molecule has 8 bridgehead atoms. The Balaban J connectivity index is 0.00000927. The molecule has 0 aliphatic carbocycles. The van der Waals surface area contributed by atoms with E-state index in [2.05, 4.69) is 286 Å². The van der Waals surface area contributed by atoms with Crippen LogP contribution in [-0.2, 0) is 62.8 Å². The number of rotatable bonds is 5. The molecule has 0 fully saturated rings. The van der Waals surface area contributed by atoms with Gasteiger partial charge in [-0.15, -0.1) is 28.5 Å². The monoisotopic (exact) mass is 1260 g/mol. The Kier molecular flexibility index (Phi) is 16.9. The molecule has 6 nitrogen and oxygen atoms in total. The number of fused-ring (bicyclic) bond motifs is 10. The van der Waals surface area contributed by atoms with Crippen LogP contribution in [0.2, 0.25) is 0 Å². The first kappa shape index (κ1) is 67.2. The van der Waals surface area contributed by atoms with Crippen molar-refractivity contribution in [2.75, 3.05) is 0 Å². The van der Waals surface area contributed by atoms with Crippen molar-refractivity contribution in [1.29, 1.82) is 0 Å². The van der Waals surface area contributed by atoms with Gasteiger partial charge in [-0.2, -0.15) is 0 Å². The van der Waals surface area contributed by atoms with Crippen LogP contribution in [-0.4, -0.2) is 16.5 Å². The molecule has 5 aromatic carbocycles. The van der Waals surface area contributed by atoms with Crippen molar-refractivity contribution in [3.63, 3.8) is 0 Å². The minimum atomic E-state index is -0.193. The number of terminal acetylenes is 1. The zero-order valence-electron chi connectivity index (χ0n) is 59.7. The molecular weight excluding hydrogens is 1170 g/mol. The Bertz CT molecular complexity index is 4600. The van der Waals surface area contributed by atoms with E-state index in [4.69, 9.17) is 31.4 Å². The van der Waals surface area contributed by atoms with E-state index in [0.717, 1.165) is 111 Å². The molecule has 0 unspecified atom stereocenters.